The fourth-order valence-electron chi connectivity index (χ4n) is 3.02. The maximum Gasteiger partial charge on any atom is 0.243 e. The van der Waals surface area contributed by atoms with E-state index in [1.165, 1.54) is 16.0 Å². The summed E-state index contributed by atoms with van der Waals surface area (Å²) in [7, 11) is 0. The number of likely N-dealkylation sites (tertiary alicyclic amines) is 1. The van der Waals surface area contributed by atoms with Crippen LogP contribution in [0.1, 0.15) is 24.0 Å². The normalized spacial score (nSPS) is 19.2. The fourth-order valence-corrected chi connectivity index (χ4v) is 3.02. The molecule has 0 aliphatic carbocycles. The Labute approximate surface area is 118 Å². The number of nitrogens with two attached hydrogens (primary N) is 1. The van der Waals surface area contributed by atoms with Crippen LogP contribution in [0.3, 0.4) is 0 Å². The van der Waals surface area contributed by atoms with Crippen LogP contribution >= 0.6 is 0 Å². The Balaban J connectivity index is 1.66. The second kappa shape index (κ2) is 5.25. The molecule has 5 nitrogen and oxygen atoms in total. The van der Waals surface area contributed by atoms with E-state index in [-0.39, 0.29) is 11.8 Å². The maximum atomic E-state index is 12.1. The van der Waals surface area contributed by atoms with Crippen molar-refractivity contribution in [3.8, 4) is 0 Å². The lowest BCUT2D eigenvalue weighted by Crippen LogP contribution is -2.42. The summed E-state index contributed by atoms with van der Waals surface area (Å²) in [5.74, 6) is -0.100. The van der Waals surface area contributed by atoms with Crippen molar-refractivity contribution in [1.82, 2.24) is 9.80 Å². The number of hydrogen-bond acceptors (Lipinski definition) is 4. The summed E-state index contributed by atoms with van der Waals surface area (Å²) in [5.41, 5.74) is 9.20. The number of carbonyl (C=O) groups is 2. The molecule has 0 radical (unpaired) electrons. The number of benzene rings is 1. The van der Waals surface area contributed by atoms with Gasteiger partial charge in [0.05, 0.1) is 6.54 Å². The van der Waals surface area contributed by atoms with Crippen molar-refractivity contribution in [2.24, 2.45) is 0 Å². The molecule has 1 aromatic carbocycles. The lowest BCUT2D eigenvalue weighted by atomic mass is 9.98. The molecule has 0 bridgehead atoms. The van der Waals surface area contributed by atoms with Gasteiger partial charge in [-0.25, -0.2) is 0 Å². The lowest BCUT2D eigenvalue weighted by Gasteiger charge is -2.29. The summed E-state index contributed by atoms with van der Waals surface area (Å²) in [6.07, 6.45) is 2.16. The van der Waals surface area contributed by atoms with Crippen molar-refractivity contribution in [1.29, 1.82) is 0 Å². The van der Waals surface area contributed by atoms with Crippen LogP contribution in [-0.4, -0.2) is 41.2 Å². The van der Waals surface area contributed by atoms with Gasteiger partial charge in [-0.3, -0.25) is 19.4 Å². The molecular formula is C15H19N3O2. The Kier molecular flexibility index (Phi) is 3.44. The first kappa shape index (κ1) is 13.1. The zero-order valence-corrected chi connectivity index (χ0v) is 11.5. The number of hydrogen-bond donors (Lipinski definition) is 1. The molecule has 1 aromatic rings. The third-order valence-electron chi connectivity index (χ3n) is 4.11. The number of nitrogen functional groups attached to an aromatic ring is 1. The molecule has 0 spiro atoms. The number of rotatable bonds is 2. The van der Waals surface area contributed by atoms with E-state index in [1.807, 2.05) is 12.1 Å². The van der Waals surface area contributed by atoms with E-state index >= 15 is 0 Å². The summed E-state index contributed by atoms with van der Waals surface area (Å²) in [6.45, 7) is 2.44. The molecule has 1 fully saturated rings. The van der Waals surface area contributed by atoms with Gasteiger partial charge in [-0.1, -0.05) is 12.1 Å². The summed E-state index contributed by atoms with van der Waals surface area (Å²) >= 11 is 0. The summed E-state index contributed by atoms with van der Waals surface area (Å²) in [6, 6.07) is 5.93. The van der Waals surface area contributed by atoms with Gasteiger partial charge in [-0.2, -0.15) is 0 Å². The van der Waals surface area contributed by atoms with Gasteiger partial charge in [0.1, 0.15) is 0 Å². The molecule has 106 valence electrons. The predicted molar refractivity (Wildman–Crippen MR) is 75.8 cm³/mol. The first-order chi connectivity index (χ1) is 9.65. The van der Waals surface area contributed by atoms with Crippen molar-refractivity contribution >= 4 is 17.5 Å². The largest absolute Gasteiger partial charge is 0.398 e. The fraction of sp³-hybridized carbons (Fsp3) is 0.467. The summed E-state index contributed by atoms with van der Waals surface area (Å²) in [4.78, 5) is 27.2. The second-order valence-corrected chi connectivity index (χ2v) is 5.49. The average molecular weight is 273 g/mol. The maximum absolute atomic E-state index is 12.1. The van der Waals surface area contributed by atoms with E-state index in [2.05, 4.69) is 11.0 Å². The summed E-state index contributed by atoms with van der Waals surface area (Å²) < 4.78 is 0. The van der Waals surface area contributed by atoms with Gasteiger partial charge < -0.3 is 5.73 Å². The van der Waals surface area contributed by atoms with Gasteiger partial charge in [0.2, 0.25) is 11.8 Å². The van der Waals surface area contributed by atoms with E-state index < -0.39 is 0 Å². The Bertz CT molecular complexity index is 556. The van der Waals surface area contributed by atoms with Gasteiger partial charge >= 0.3 is 0 Å². The van der Waals surface area contributed by atoms with Gasteiger partial charge in [0.15, 0.2) is 0 Å². The highest BCUT2D eigenvalue weighted by Gasteiger charge is 2.28. The average Bonchev–Trinajstić information content (AvgIpc) is 2.85. The Morgan fingerprint density at radius 1 is 1.25 bits per heavy atom. The quantitative estimate of drug-likeness (QED) is 0.809. The first-order valence-corrected chi connectivity index (χ1v) is 7.07. The van der Waals surface area contributed by atoms with E-state index in [9.17, 15) is 9.59 Å². The molecule has 2 amide bonds. The number of carbonyl (C=O) groups excluding carboxylic acids is 2. The smallest absolute Gasteiger partial charge is 0.243 e. The van der Waals surface area contributed by atoms with E-state index in [0.717, 1.165) is 31.6 Å². The highest BCUT2D eigenvalue weighted by Crippen LogP contribution is 2.24. The zero-order valence-electron chi connectivity index (χ0n) is 11.5. The standard InChI is InChI=1S/C15H19N3O2/c16-13-4-1-3-11-9-17(8-6-12(11)13)10-15(20)18-7-2-5-14(18)19/h1,3-4H,2,5-10,16H2. The molecule has 1 saturated heterocycles. The zero-order chi connectivity index (χ0) is 14.1. The first-order valence-electron chi connectivity index (χ1n) is 7.07. The van der Waals surface area contributed by atoms with E-state index in [0.29, 0.717) is 19.5 Å². The molecule has 5 heteroatoms. The van der Waals surface area contributed by atoms with Crippen molar-refractivity contribution < 1.29 is 9.59 Å². The Hall–Kier alpha value is -1.88. The molecule has 2 aliphatic rings. The van der Waals surface area contributed by atoms with Gasteiger partial charge in [-0.05, 0) is 30.0 Å². The predicted octanol–water partition coefficient (Wildman–Crippen LogP) is 0.776. The van der Waals surface area contributed by atoms with Gasteiger partial charge in [0, 0.05) is 31.7 Å². The lowest BCUT2D eigenvalue weighted by molar-refractivity contribution is -0.142. The van der Waals surface area contributed by atoms with Crippen molar-refractivity contribution in [3.05, 3.63) is 29.3 Å². The highest BCUT2D eigenvalue weighted by atomic mass is 16.2. The third-order valence-corrected chi connectivity index (χ3v) is 4.11. The van der Waals surface area contributed by atoms with Crippen LogP contribution in [0, 0.1) is 0 Å². The van der Waals surface area contributed by atoms with Crippen molar-refractivity contribution in [3.63, 3.8) is 0 Å². The van der Waals surface area contributed by atoms with Crippen LogP contribution in [0.4, 0.5) is 5.69 Å². The van der Waals surface area contributed by atoms with E-state index in [1.54, 1.807) is 0 Å². The van der Waals surface area contributed by atoms with Gasteiger partial charge in [-0.15, -0.1) is 0 Å². The molecule has 0 saturated carbocycles. The monoisotopic (exact) mass is 273 g/mol. The minimum atomic E-state index is -0.0696. The van der Waals surface area contributed by atoms with Crippen LogP contribution in [0.5, 0.6) is 0 Å². The number of anilines is 1. The molecule has 3 rings (SSSR count). The SMILES string of the molecule is Nc1cccc2c1CCN(CC(=O)N1CCCC1=O)C2. The molecule has 2 heterocycles. The van der Waals surface area contributed by atoms with Crippen molar-refractivity contribution in [2.45, 2.75) is 25.8 Å². The van der Waals surface area contributed by atoms with Crippen LogP contribution in [0.15, 0.2) is 18.2 Å². The number of imide groups is 1. The van der Waals surface area contributed by atoms with Crippen LogP contribution in [-0.2, 0) is 22.6 Å². The number of nitrogens with zero attached hydrogens (tertiary/aromatic N) is 2. The summed E-state index contributed by atoms with van der Waals surface area (Å²) in [5, 5.41) is 0. The number of fused-ring (bicyclic) bond motifs is 1. The second-order valence-electron chi connectivity index (χ2n) is 5.49. The molecule has 0 unspecified atom stereocenters. The van der Waals surface area contributed by atoms with E-state index in [4.69, 9.17) is 5.73 Å². The molecular weight excluding hydrogens is 254 g/mol. The Morgan fingerprint density at radius 3 is 2.85 bits per heavy atom. The van der Waals surface area contributed by atoms with Crippen LogP contribution < -0.4 is 5.73 Å². The minimum absolute atomic E-state index is 0.0309. The van der Waals surface area contributed by atoms with Crippen LogP contribution in [0.25, 0.3) is 0 Å². The third kappa shape index (κ3) is 2.41. The van der Waals surface area contributed by atoms with Crippen molar-refractivity contribution in [2.75, 3.05) is 25.4 Å². The molecule has 20 heavy (non-hydrogen) atoms. The molecule has 2 N–H and O–H groups in total. The molecule has 0 atom stereocenters. The highest BCUT2D eigenvalue weighted by molar-refractivity contribution is 5.97. The Morgan fingerprint density at radius 2 is 2.10 bits per heavy atom. The van der Waals surface area contributed by atoms with Gasteiger partial charge in [0.25, 0.3) is 0 Å². The molecule has 0 aromatic heterocycles. The minimum Gasteiger partial charge on any atom is -0.398 e. The topological polar surface area (TPSA) is 66.6 Å². The molecule has 2 aliphatic heterocycles. The number of amides is 2. The van der Waals surface area contributed by atoms with Crippen LogP contribution in [0.2, 0.25) is 0 Å².